The van der Waals surface area contributed by atoms with E-state index in [0.29, 0.717) is 6.42 Å². The Bertz CT molecular complexity index is 397. The molecule has 11 heteroatoms. The first-order chi connectivity index (χ1) is 13.4. The number of nitrogens with two attached hydrogens (primary N) is 2. The summed E-state index contributed by atoms with van der Waals surface area (Å²) in [6.45, 7) is 5.76. The number of carboxylic acids is 3. The smallest absolute Gasteiger partial charge is 1.00 e. The van der Waals surface area contributed by atoms with Gasteiger partial charge in [-0.25, -0.2) is 0 Å². The summed E-state index contributed by atoms with van der Waals surface area (Å²) in [6.07, 6.45) is 12.0. The largest absolute Gasteiger partial charge is 1.00 e. The van der Waals surface area contributed by atoms with Gasteiger partial charge in [0.05, 0.1) is 6.04 Å². The maximum absolute atomic E-state index is 11.4. The van der Waals surface area contributed by atoms with Gasteiger partial charge in [-0.1, -0.05) is 58.3 Å². The van der Waals surface area contributed by atoms with Crippen molar-refractivity contribution >= 4 is 23.7 Å². The maximum Gasteiger partial charge on any atom is 1.00 e. The van der Waals surface area contributed by atoms with Crippen molar-refractivity contribution in [2.24, 2.45) is 11.5 Å². The molecule has 0 bridgehead atoms. The number of Topliss-reactive ketones (excluding diaryl/α,β-unsaturated/α-hetero) is 1. The fourth-order valence-corrected chi connectivity index (χ4v) is 1.93. The fourth-order valence-electron chi connectivity index (χ4n) is 1.93. The van der Waals surface area contributed by atoms with Crippen LogP contribution in [0.4, 0.5) is 0 Å². The zero-order valence-corrected chi connectivity index (χ0v) is 24.5. The average molecular weight is 471 g/mol. The second-order valence-corrected chi connectivity index (χ2v) is 6.44. The molecule has 9 nitrogen and oxygen atoms in total. The van der Waals surface area contributed by atoms with Crippen LogP contribution >= 0.6 is 0 Å². The second-order valence-electron chi connectivity index (χ2n) is 6.44. The molecule has 0 rings (SSSR count). The Morgan fingerprint density at radius 2 is 0.968 bits per heavy atom. The maximum atomic E-state index is 11.4. The van der Waals surface area contributed by atoms with E-state index < -0.39 is 23.9 Å². The van der Waals surface area contributed by atoms with Crippen LogP contribution in [-0.4, -0.2) is 51.6 Å². The summed E-state index contributed by atoms with van der Waals surface area (Å²) in [4.78, 5) is 38.4. The summed E-state index contributed by atoms with van der Waals surface area (Å²) < 4.78 is 0. The number of carboxylic acid groups (broad SMARTS) is 3. The van der Waals surface area contributed by atoms with Gasteiger partial charge in [0.15, 0.2) is 5.78 Å². The summed E-state index contributed by atoms with van der Waals surface area (Å²) >= 11 is 0. The SMILES string of the molecule is CC(=O)O.CC(=O)O.CC(=O)O.CCCCCCCCCCCC(=O)C(N)CN.[H-].[H-].[Na+].[Na+]. The van der Waals surface area contributed by atoms with E-state index in [1.807, 2.05) is 0 Å². The number of aliphatic carboxylic acids is 3. The molecule has 178 valence electrons. The van der Waals surface area contributed by atoms with Crippen molar-refractivity contribution in [3.63, 3.8) is 0 Å². The van der Waals surface area contributed by atoms with Crippen molar-refractivity contribution in [3.05, 3.63) is 0 Å². The number of ketones is 1. The van der Waals surface area contributed by atoms with Crippen LogP contribution in [0.25, 0.3) is 0 Å². The third-order valence-electron chi connectivity index (χ3n) is 3.19. The molecule has 0 aromatic rings. The predicted molar refractivity (Wildman–Crippen MR) is 116 cm³/mol. The molecule has 0 aliphatic rings. The fraction of sp³-hybridized carbons (Fsp3) is 0.800. The summed E-state index contributed by atoms with van der Waals surface area (Å²) in [5, 5.41) is 22.2. The number of rotatable bonds is 12. The first-order valence-electron chi connectivity index (χ1n) is 9.99. The van der Waals surface area contributed by atoms with Crippen molar-refractivity contribution in [3.8, 4) is 0 Å². The molecule has 0 saturated carbocycles. The Labute approximate surface area is 234 Å². The Balaban J connectivity index is -0.0000000546. The molecule has 0 saturated heterocycles. The van der Waals surface area contributed by atoms with E-state index in [2.05, 4.69) is 6.92 Å². The zero-order chi connectivity index (χ0) is 23.7. The second kappa shape index (κ2) is 37.3. The van der Waals surface area contributed by atoms with E-state index in [9.17, 15) is 4.79 Å². The molecular weight excluding hydrogens is 426 g/mol. The minimum absolute atomic E-state index is 0. The van der Waals surface area contributed by atoms with E-state index in [1.54, 1.807) is 0 Å². The van der Waals surface area contributed by atoms with Gasteiger partial charge >= 0.3 is 59.1 Å². The Kier molecular flexibility index (Phi) is 53.7. The minimum Gasteiger partial charge on any atom is -1.00 e. The standard InChI is InChI=1S/C14H30N2O.3C2H4O2.2Na.2H/c1-2-3-4-5-6-7-8-9-10-11-14(17)13(16)12-15;3*1-2(3)4;;;;/h13H,2-12,15-16H2,1H3;3*1H3,(H,3,4);;;;/q;;;;2*+1;2*-1. The molecule has 0 spiro atoms. The molecule has 0 aliphatic heterocycles. The molecule has 0 amide bonds. The van der Waals surface area contributed by atoms with Crippen molar-refractivity contribution in [2.45, 2.75) is 97.9 Å². The first-order valence-corrected chi connectivity index (χ1v) is 9.99. The van der Waals surface area contributed by atoms with Crippen LogP contribution in [0.15, 0.2) is 0 Å². The van der Waals surface area contributed by atoms with Crippen LogP contribution in [-0.2, 0) is 19.2 Å². The van der Waals surface area contributed by atoms with Gasteiger partial charge in [-0.3, -0.25) is 19.2 Å². The third kappa shape index (κ3) is 81.4. The van der Waals surface area contributed by atoms with Crippen LogP contribution < -0.4 is 70.6 Å². The molecule has 31 heavy (non-hydrogen) atoms. The molecule has 0 heterocycles. The normalized spacial score (nSPS) is 9.35. The Morgan fingerprint density at radius 3 is 1.23 bits per heavy atom. The van der Waals surface area contributed by atoms with Gasteiger partial charge in [-0.05, 0) is 6.42 Å². The average Bonchev–Trinajstić information content (AvgIpc) is 2.58. The van der Waals surface area contributed by atoms with Gasteiger partial charge in [-0.15, -0.1) is 0 Å². The number of hydrogen-bond donors (Lipinski definition) is 5. The van der Waals surface area contributed by atoms with Crippen LogP contribution in [0, 0.1) is 0 Å². The molecular formula is C20H44N2Na2O7. The van der Waals surface area contributed by atoms with Gasteiger partial charge in [0.25, 0.3) is 17.9 Å². The topological polar surface area (TPSA) is 181 Å². The van der Waals surface area contributed by atoms with Gasteiger partial charge in [0.2, 0.25) is 0 Å². The molecule has 7 N–H and O–H groups in total. The van der Waals surface area contributed by atoms with Crippen molar-refractivity contribution in [1.82, 2.24) is 0 Å². The zero-order valence-electron chi connectivity index (χ0n) is 22.5. The molecule has 0 aromatic carbocycles. The van der Waals surface area contributed by atoms with Gasteiger partial charge in [-0.2, -0.15) is 0 Å². The van der Waals surface area contributed by atoms with E-state index in [4.69, 9.17) is 41.2 Å². The molecule has 0 fully saturated rings. The Hall–Kier alpha value is 0.000000000000000222. The van der Waals surface area contributed by atoms with Crippen LogP contribution in [0.2, 0.25) is 0 Å². The summed E-state index contributed by atoms with van der Waals surface area (Å²) in [5.41, 5.74) is 10.9. The summed E-state index contributed by atoms with van der Waals surface area (Å²) in [5.74, 6) is -2.38. The number of unbranched alkanes of at least 4 members (excludes halogenated alkanes) is 8. The van der Waals surface area contributed by atoms with Crippen molar-refractivity contribution < 1.29 is 96.5 Å². The van der Waals surface area contributed by atoms with Crippen molar-refractivity contribution in [1.29, 1.82) is 0 Å². The van der Waals surface area contributed by atoms with E-state index in [0.717, 1.165) is 33.6 Å². The minimum atomic E-state index is -0.833. The summed E-state index contributed by atoms with van der Waals surface area (Å²) in [7, 11) is 0. The number of carbonyl (C=O) groups excluding carboxylic acids is 1. The number of carbonyl (C=O) groups is 4. The quantitative estimate of drug-likeness (QED) is 0.149. The van der Waals surface area contributed by atoms with Crippen LogP contribution in [0.5, 0.6) is 0 Å². The molecule has 0 radical (unpaired) electrons. The third-order valence-corrected chi connectivity index (χ3v) is 3.19. The molecule has 1 atom stereocenters. The number of hydrogen-bond acceptors (Lipinski definition) is 6. The van der Waals surface area contributed by atoms with Gasteiger partial charge in [0, 0.05) is 33.7 Å². The molecule has 1 unspecified atom stereocenters. The van der Waals surface area contributed by atoms with E-state index in [-0.39, 0.29) is 74.3 Å². The Morgan fingerprint density at radius 1 is 0.710 bits per heavy atom. The molecule has 0 aliphatic carbocycles. The van der Waals surface area contributed by atoms with E-state index in [1.165, 1.54) is 44.9 Å². The van der Waals surface area contributed by atoms with Crippen molar-refractivity contribution in [2.75, 3.05) is 6.54 Å². The predicted octanol–water partition coefficient (Wildman–Crippen LogP) is -2.73. The van der Waals surface area contributed by atoms with Crippen LogP contribution in [0.3, 0.4) is 0 Å². The van der Waals surface area contributed by atoms with E-state index >= 15 is 0 Å². The van der Waals surface area contributed by atoms with Gasteiger partial charge < -0.3 is 29.6 Å². The molecule has 0 aromatic heterocycles. The van der Waals surface area contributed by atoms with Crippen LogP contribution in [0.1, 0.15) is 94.8 Å². The monoisotopic (exact) mass is 470 g/mol. The first kappa shape index (κ1) is 44.6. The van der Waals surface area contributed by atoms with Gasteiger partial charge in [0.1, 0.15) is 0 Å². The summed E-state index contributed by atoms with van der Waals surface area (Å²) in [6, 6.07) is -0.441.